The molecule has 0 amide bonds. The Kier molecular flexibility index (Phi) is 11.2. The highest BCUT2D eigenvalue weighted by Crippen LogP contribution is 2.42. The van der Waals surface area contributed by atoms with E-state index in [0.717, 1.165) is 19.6 Å². The van der Waals surface area contributed by atoms with E-state index in [1.165, 1.54) is 41.6 Å². The molecule has 0 atom stereocenters. The SMILES string of the molecule is Sc1ccccc1P(c1ccc(SSc2ccc(P(c3ccccc3S)c3ccccc3S)cc2)cc1)c1ccccc1S. The van der Waals surface area contributed by atoms with Crippen LogP contribution in [-0.4, -0.2) is 0 Å². The Balaban J connectivity index is 1.22. The number of hydrogen-bond donors (Lipinski definition) is 4. The van der Waals surface area contributed by atoms with Crippen LogP contribution in [0.15, 0.2) is 175 Å². The summed E-state index contributed by atoms with van der Waals surface area (Å²) in [5.41, 5.74) is 0. The van der Waals surface area contributed by atoms with E-state index in [-0.39, 0.29) is 0 Å². The van der Waals surface area contributed by atoms with Crippen molar-refractivity contribution < 1.29 is 0 Å². The second-order valence-electron chi connectivity index (χ2n) is 9.78. The standard InChI is InChI=1S/C36H28P2S6/c39-33-13-5-1-9-29(33)37(30-10-2-6-14-34(30)40)25-17-21-27(22-18-25)43-44-28-23-19-26(20-24-28)38(31-11-3-7-15-35(31)41)32-12-4-8-16-36(32)42/h1-24,39-42H. The molecule has 0 N–H and O–H groups in total. The number of hydrogen-bond acceptors (Lipinski definition) is 6. The van der Waals surface area contributed by atoms with Crippen molar-refractivity contribution in [3.63, 3.8) is 0 Å². The molecule has 0 unspecified atom stereocenters. The van der Waals surface area contributed by atoms with Crippen molar-refractivity contribution in [2.24, 2.45) is 0 Å². The molecule has 0 saturated heterocycles. The number of rotatable bonds is 9. The first-order valence-corrected chi connectivity index (χ1v) is 20.4. The van der Waals surface area contributed by atoms with Crippen molar-refractivity contribution in [1.29, 1.82) is 0 Å². The Bertz CT molecular complexity index is 1650. The Hall–Kier alpha value is -1.72. The topological polar surface area (TPSA) is 0 Å². The van der Waals surface area contributed by atoms with Crippen LogP contribution in [-0.2, 0) is 0 Å². The summed E-state index contributed by atoms with van der Waals surface area (Å²) in [5, 5.41) is 7.52. The molecule has 44 heavy (non-hydrogen) atoms. The van der Waals surface area contributed by atoms with E-state index in [1.807, 2.05) is 24.3 Å². The molecule has 0 radical (unpaired) electrons. The van der Waals surface area contributed by atoms with Crippen LogP contribution in [0, 0.1) is 0 Å². The molecule has 0 aromatic heterocycles. The van der Waals surface area contributed by atoms with Gasteiger partial charge in [0, 0.05) is 29.4 Å². The molecule has 8 heteroatoms. The summed E-state index contributed by atoms with van der Waals surface area (Å²) in [4.78, 5) is 6.45. The van der Waals surface area contributed by atoms with E-state index in [0.29, 0.717) is 0 Å². The van der Waals surface area contributed by atoms with E-state index in [2.05, 4.69) is 121 Å². The average Bonchev–Trinajstić information content (AvgIpc) is 3.05. The van der Waals surface area contributed by atoms with Gasteiger partial charge in [-0.1, -0.05) is 119 Å². The highest BCUT2D eigenvalue weighted by atomic mass is 33.1. The van der Waals surface area contributed by atoms with Gasteiger partial charge in [-0.25, -0.2) is 0 Å². The maximum absolute atomic E-state index is 4.81. The van der Waals surface area contributed by atoms with E-state index < -0.39 is 15.8 Å². The number of thiol groups is 4. The fourth-order valence-corrected chi connectivity index (χ4v) is 13.3. The lowest BCUT2D eigenvalue weighted by molar-refractivity contribution is 1.48. The zero-order chi connectivity index (χ0) is 30.5. The summed E-state index contributed by atoms with van der Waals surface area (Å²) in [7, 11) is 1.99. The molecule has 0 bridgehead atoms. The lowest BCUT2D eigenvalue weighted by Gasteiger charge is -2.22. The predicted molar refractivity (Wildman–Crippen MR) is 211 cm³/mol. The molecular weight excluding hydrogens is 687 g/mol. The first-order valence-electron chi connectivity index (χ1n) is 13.8. The van der Waals surface area contributed by atoms with Crippen LogP contribution in [0.3, 0.4) is 0 Å². The molecule has 0 nitrogen and oxygen atoms in total. The molecule has 6 rings (SSSR count). The third-order valence-electron chi connectivity index (χ3n) is 6.91. The van der Waals surface area contributed by atoms with Gasteiger partial charge in [-0.05, 0) is 96.2 Å². The van der Waals surface area contributed by atoms with Gasteiger partial charge in [0.15, 0.2) is 0 Å². The fraction of sp³-hybridized carbons (Fsp3) is 0. The van der Waals surface area contributed by atoms with Gasteiger partial charge < -0.3 is 0 Å². The molecule has 0 aliphatic carbocycles. The highest BCUT2D eigenvalue weighted by molar-refractivity contribution is 8.76. The Morgan fingerprint density at radius 3 is 0.818 bits per heavy atom. The second-order valence-corrected chi connectivity index (χ2v) is 18.3. The minimum Gasteiger partial charge on any atom is -0.143 e. The minimum atomic E-state index is -0.785. The molecule has 0 heterocycles. The second kappa shape index (κ2) is 15.2. The molecular formula is C36H28P2S6. The highest BCUT2D eigenvalue weighted by Gasteiger charge is 2.22. The summed E-state index contributed by atoms with van der Waals surface area (Å²) in [6.45, 7) is 0. The van der Waals surface area contributed by atoms with Crippen LogP contribution in [0.4, 0.5) is 0 Å². The quantitative estimate of drug-likeness (QED) is 0.0671. The van der Waals surface area contributed by atoms with Crippen molar-refractivity contribution in [3.05, 3.63) is 146 Å². The smallest absolute Gasteiger partial charge is 0.0186 e. The van der Waals surface area contributed by atoms with E-state index in [9.17, 15) is 0 Å². The number of benzene rings is 6. The zero-order valence-electron chi connectivity index (χ0n) is 23.4. The fourth-order valence-electron chi connectivity index (χ4n) is 4.83. The van der Waals surface area contributed by atoms with Gasteiger partial charge >= 0.3 is 0 Å². The van der Waals surface area contributed by atoms with Gasteiger partial charge in [0.25, 0.3) is 0 Å². The van der Waals surface area contributed by atoms with Crippen molar-refractivity contribution in [3.8, 4) is 0 Å². The molecule has 0 spiro atoms. The van der Waals surface area contributed by atoms with Gasteiger partial charge in [-0.2, -0.15) is 0 Å². The van der Waals surface area contributed by atoms with Crippen LogP contribution in [0.2, 0.25) is 0 Å². The lowest BCUT2D eigenvalue weighted by atomic mass is 10.3. The average molecular weight is 715 g/mol. The maximum Gasteiger partial charge on any atom is 0.0186 e. The van der Waals surface area contributed by atoms with Gasteiger partial charge in [-0.3, -0.25) is 0 Å². The molecule has 6 aromatic rings. The summed E-state index contributed by atoms with van der Waals surface area (Å²) in [5.74, 6) is 0. The van der Waals surface area contributed by atoms with Gasteiger partial charge in [0.05, 0.1) is 0 Å². The van der Waals surface area contributed by atoms with Crippen LogP contribution < -0.4 is 31.8 Å². The zero-order valence-corrected chi connectivity index (χ0v) is 30.4. The molecule has 6 aromatic carbocycles. The first kappa shape index (κ1) is 32.2. The third-order valence-corrected chi connectivity index (χ3v) is 16.7. The Morgan fingerprint density at radius 2 is 0.568 bits per heavy atom. The summed E-state index contributed by atoms with van der Waals surface area (Å²) in [6, 6.07) is 51.5. The molecule has 0 aliphatic rings. The van der Waals surface area contributed by atoms with Gasteiger partial charge in [0.1, 0.15) is 0 Å². The molecule has 0 aliphatic heterocycles. The molecule has 0 fully saturated rings. The normalized spacial score (nSPS) is 11.3. The third kappa shape index (κ3) is 7.46. The van der Waals surface area contributed by atoms with Crippen molar-refractivity contribution in [2.75, 3.05) is 0 Å². The first-order chi connectivity index (χ1) is 21.5. The van der Waals surface area contributed by atoms with Crippen molar-refractivity contribution in [2.45, 2.75) is 29.4 Å². The van der Waals surface area contributed by atoms with Crippen LogP contribution >= 0.6 is 87.9 Å². The van der Waals surface area contributed by atoms with Gasteiger partial charge in [-0.15, -0.1) is 50.5 Å². The summed E-state index contributed by atoms with van der Waals surface area (Å²) < 4.78 is 0. The van der Waals surface area contributed by atoms with E-state index in [1.54, 1.807) is 21.6 Å². The van der Waals surface area contributed by atoms with Crippen LogP contribution in [0.25, 0.3) is 0 Å². The summed E-state index contributed by atoms with van der Waals surface area (Å²) >= 11 is 19.3. The molecule has 218 valence electrons. The monoisotopic (exact) mass is 714 g/mol. The van der Waals surface area contributed by atoms with Crippen LogP contribution in [0.1, 0.15) is 0 Å². The largest absolute Gasteiger partial charge is 0.143 e. The Morgan fingerprint density at radius 1 is 0.318 bits per heavy atom. The lowest BCUT2D eigenvalue weighted by Crippen LogP contribution is -2.22. The van der Waals surface area contributed by atoms with Crippen molar-refractivity contribution >= 4 is 120 Å². The predicted octanol–water partition coefficient (Wildman–Crippen LogP) is 9.16. The van der Waals surface area contributed by atoms with E-state index >= 15 is 0 Å². The van der Waals surface area contributed by atoms with Crippen molar-refractivity contribution in [1.82, 2.24) is 0 Å². The van der Waals surface area contributed by atoms with Crippen LogP contribution in [0.5, 0.6) is 0 Å². The summed E-state index contributed by atoms with van der Waals surface area (Å²) in [6.07, 6.45) is 0. The molecule has 0 saturated carbocycles. The van der Waals surface area contributed by atoms with Gasteiger partial charge in [0.2, 0.25) is 0 Å². The Labute approximate surface area is 292 Å². The minimum absolute atomic E-state index is 0.785. The van der Waals surface area contributed by atoms with E-state index in [4.69, 9.17) is 50.5 Å². The maximum atomic E-state index is 4.81.